The highest BCUT2D eigenvalue weighted by Crippen LogP contribution is 2.24. The van der Waals surface area contributed by atoms with Gasteiger partial charge >= 0.3 is 6.18 Å². The standard InChI is InChI=1S/C21H28F3N5O6.C3H8S.C3H8/c1-12(30)26-10-17(32)29-15(9-13-5-3-2-4-6-13)20(35)27-11-18(33)28-14(7-8-16(25)31)19(34)21(22,23)24;1-3-4-2;1-3-2/h2-6,14-15,19,34H,7-11H2,1H3,(H2,25,31)(H,26,30)(H,27,35)(H,28,33)(H,29,32);3H2,1-2H3;3H2,1-2H3/t14?,15-,19?;;/m0../s1. The van der Waals surface area contributed by atoms with Crippen LogP contribution in [0.3, 0.4) is 0 Å². The maximum Gasteiger partial charge on any atom is 0.416 e. The smallest absolute Gasteiger partial charge is 0.382 e. The molecular formula is C27H44F3N5O6S. The zero-order valence-electron chi connectivity index (χ0n) is 24.7. The van der Waals surface area contributed by atoms with Crippen LogP contribution in [-0.4, -0.2) is 84.1 Å². The number of carbonyl (C=O) groups is 5. The number of hydrogen-bond donors (Lipinski definition) is 6. The van der Waals surface area contributed by atoms with E-state index in [0.717, 1.165) is 0 Å². The molecule has 0 aliphatic rings. The Kier molecular flexibility index (Phi) is 22.6. The number of aliphatic hydroxyl groups is 1. The third-order valence-electron chi connectivity index (χ3n) is 4.91. The SMILES string of the molecule is CC(=O)NCC(=O)N[C@@H](Cc1ccccc1)C(=O)NCC(=O)NC(CCC(N)=O)C(O)C(F)(F)F.CCC.CCSC. The van der Waals surface area contributed by atoms with Crippen molar-refractivity contribution in [2.45, 2.75) is 77.7 Å². The molecule has 1 rings (SSSR count). The molecule has 0 spiro atoms. The van der Waals surface area contributed by atoms with E-state index in [1.807, 2.05) is 17.1 Å². The fourth-order valence-corrected chi connectivity index (χ4v) is 2.89. The van der Waals surface area contributed by atoms with Crippen molar-refractivity contribution in [2.75, 3.05) is 25.1 Å². The first-order valence-corrected chi connectivity index (χ1v) is 14.7. The molecule has 42 heavy (non-hydrogen) atoms. The summed E-state index contributed by atoms with van der Waals surface area (Å²) in [5.41, 5.74) is 5.59. The molecule has 1 aromatic carbocycles. The molecule has 0 aliphatic heterocycles. The van der Waals surface area contributed by atoms with E-state index in [1.54, 1.807) is 30.3 Å². The molecule has 0 radical (unpaired) electrons. The number of hydrogen-bond acceptors (Lipinski definition) is 7. The van der Waals surface area contributed by atoms with Crippen LogP contribution < -0.4 is 27.0 Å². The van der Waals surface area contributed by atoms with Crippen molar-refractivity contribution in [3.8, 4) is 0 Å². The lowest BCUT2D eigenvalue weighted by atomic mass is 10.0. The van der Waals surface area contributed by atoms with Gasteiger partial charge in [-0.05, 0) is 24.0 Å². The number of primary amides is 1. The minimum atomic E-state index is -5.07. The lowest BCUT2D eigenvalue weighted by molar-refractivity contribution is -0.212. The fraction of sp³-hybridized carbons (Fsp3) is 0.593. The van der Waals surface area contributed by atoms with Crippen molar-refractivity contribution in [1.29, 1.82) is 0 Å². The first kappa shape index (κ1) is 40.8. The summed E-state index contributed by atoms with van der Waals surface area (Å²) in [5, 5.41) is 18.3. The molecule has 11 nitrogen and oxygen atoms in total. The third-order valence-corrected chi connectivity index (χ3v) is 5.49. The van der Waals surface area contributed by atoms with Crippen LogP contribution in [0.5, 0.6) is 0 Å². The minimum absolute atomic E-state index is 0.0220. The summed E-state index contributed by atoms with van der Waals surface area (Å²) < 4.78 is 38.6. The number of nitrogens with two attached hydrogens (primary N) is 1. The van der Waals surface area contributed by atoms with Gasteiger partial charge in [0.1, 0.15) is 6.04 Å². The van der Waals surface area contributed by atoms with Crippen LogP contribution in [0.1, 0.15) is 52.5 Å². The summed E-state index contributed by atoms with van der Waals surface area (Å²) in [6.07, 6.45) is -5.76. The van der Waals surface area contributed by atoms with Crippen molar-refractivity contribution >= 4 is 41.3 Å². The zero-order valence-corrected chi connectivity index (χ0v) is 25.5. The Labute approximate surface area is 249 Å². The number of amides is 5. The fourth-order valence-electron chi connectivity index (χ4n) is 2.89. The molecule has 5 amide bonds. The van der Waals surface area contributed by atoms with Crippen LogP contribution in [0.15, 0.2) is 30.3 Å². The summed E-state index contributed by atoms with van der Waals surface area (Å²) >= 11 is 1.86. The van der Waals surface area contributed by atoms with Crippen LogP contribution in [0, 0.1) is 0 Å². The molecule has 0 fully saturated rings. The lowest BCUT2D eigenvalue weighted by Crippen LogP contribution is -2.54. The Balaban J connectivity index is 0. The molecule has 2 unspecified atom stereocenters. The van der Waals surface area contributed by atoms with E-state index in [4.69, 9.17) is 5.73 Å². The van der Waals surface area contributed by atoms with E-state index in [0.29, 0.717) is 5.56 Å². The quantitative estimate of drug-likeness (QED) is 0.181. The van der Waals surface area contributed by atoms with Crippen LogP contribution in [-0.2, 0) is 30.4 Å². The summed E-state index contributed by atoms with van der Waals surface area (Å²) in [6, 6.07) is 5.48. The average Bonchev–Trinajstić information content (AvgIpc) is 2.92. The van der Waals surface area contributed by atoms with Gasteiger partial charge in [0.25, 0.3) is 0 Å². The molecule has 0 aliphatic carbocycles. The summed E-state index contributed by atoms with van der Waals surface area (Å²) in [7, 11) is 0. The van der Waals surface area contributed by atoms with E-state index in [9.17, 15) is 42.3 Å². The Morgan fingerprint density at radius 2 is 1.45 bits per heavy atom. The molecule has 0 aromatic heterocycles. The summed E-state index contributed by atoms with van der Waals surface area (Å²) in [5.74, 6) is -2.72. The highest BCUT2D eigenvalue weighted by atomic mass is 32.2. The van der Waals surface area contributed by atoms with Crippen molar-refractivity contribution in [1.82, 2.24) is 21.3 Å². The number of aliphatic hydroxyl groups excluding tert-OH is 1. The maximum atomic E-state index is 12.9. The van der Waals surface area contributed by atoms with E-state index >= 15 is 0 Å². The van der Waals surface area contributed by atoms with Gasteiger partial charge in [-0.15, -0.1) is 0 Å². The summed E-state index contributed by atoms with van der Waals surface area (Å²) in [4.78, 5) is 58.8. The lowest BCUT2D eigenvalue weighted by Gasteiger charge is -2.26. The van der Waals surface area contributed by atoms with Gasteiger partial charge in [-0.1, -0.05) is 57.5 Å². The molecule has 0 heterocycles. The van der Waals surface area contributed by atoms with Crippen molar-refractivity contribution in [2.24, 2.45) is 5.73 Å². The molecule has 0 saturated carbocycles. The molecule has 15 heteroatoms. The topological polar surface area (TPSA) is 180 Å². The predicted molar refractivity (Wildman–Crippen MR) is 156 cm³/mol. The number of thioether (sulfide) groups is 1. The molecule has 240 valence electrons. The largest absolute Gasteiger partial charge is 0.416 e. The molecule has 0 saturated heterocycles. The second-order valence-corrected chi connectivity index (χ2v) is 10.0. The van der Waals surface area contributed by atoms with Gasteiger partial charge in [-0.3, -0.25) is 24.0 Å². The van der Waals surface area contributed by atoms with Crippen LogP contribution in [0.2, 0.25) is 0 Å². The van der Waals surface area contributed by atoms with Crippen LogP contribution >= 0.6 is 11.8 Å². The van der Waals surface area contributed by atoms with Gasteiger partial charge < -0.3 is 32.1 Å². The van der Waals surface area contributed by atoms with Gasteiger partial charge in [0.05, 0.1) is 19.1 Å². The van der Waals surface area contributed by atoms with E-state index in [2.05, 4.69) is 43.0 Å². The minimum Gasteiger partial charge on any atom is -0.382 e. The van der Waals surface area contributed by atoms with Crippen molar-refractivity contribution in [3.05, 3.63) is 35.9 Å². The molecule has 3 atom stereocenters. The zero-order chi connectivity index (χ0) is 32.7. The first-order chi connectivity index (χ1) is 19.6. The average molecular weight is 624 g/mol. The maximum absolute atomic E-state index is 12.9. The van der Waals surface area contributed by atoms with Gasteiger partial charge in [-0.2, -0.15) is 24.9 Å². The molecular weight excluding hydrogens is 579 g/mol. The number of carbonyl (C=O) groups excluding carboxylic acids is 5. The number of halogens is 3. The molecule has 7 N–H and O–H groups in total. The summed E-state index contributed by atoms with van der Waals surface area (Å²) in [6.45, 7) is 6.42. The molecule has 0 bridgehead atoms. The van der Waals surface area contributed by atoms with Crippen molar-refractivity contribution < 1.29 is 42.3 Å². The monoisotopic (exact) mass is 623 g/mol. The van der Waals surface area contributed by atoms with E-state index in [-0.39, 0.29) is 6.42 Å². The highest BCUT2D eigenvalue weighted by Gasteiger charge is 2.44. The van der Waals surface area contributed by atoms with Gasteiger partial charge in [0.15, 0.2) is 6.10 Å². The van der Waals surface area contributed by atoms with Crippen LogP contribution in [0.25, 0.3) is 0 Å². The Bertz CT molecular complexity index is 952. The van der Waals surface area contributed by atoms with Gasteiger partial charge in [0, 0.05) is 19.8 Å². The Morgan fingerprint density at radius 1 is 0.952 bits per heavy atom. The Morgan fingerprint density at radius 3 is 1.90 bits per heavy atom. The number of nitrogens with one attached hydrogen (secondary N) is 4. The second-order valence-electron chi connectivity index (χ2n) is 8.89. The molecule has 1 aromatic rings. The second kappa shape index (κ2) is 23.3. The van der Waals surface area contributed by atoms with Gasteiger partial charge in [0.2, 0.25) is 29.5 Å². The highest BCUT2D eigenvalue weighted by molar-refractivity contribution is 7.98. The van der Waals surface area contributed by atoms with E-state index < -0.39 is 79.8 Å². The third kappa shape index (κ3) is 21.4. The van der Waals surface area contributed by atoms with Crippen LogP contribution in [0.4, 0.5) is 13.2 Å². The normalized spacial score (nSPS) is 12.5. The number of benzene rings is 1. The predicted octanol–water partition coefficient (Wildman–Crippen LogP) is 1.43. The van der Waals surface area contributed by atoms with Crippen molar-refractivity contribution in [3.63, 3.8) is 0 Å². The number of alkyl halides is 3. The van der Waals surface area contributed by atoms with E-state index in [1.165, 1.54) is 19.1 Å². The first-order valence-electron chi connectivity index (χ1n) is 13.3. The Hall–Kier alpha value is -3.33. The van der Waals surface area contributed by atoms with Gasteiger partial charge in [-0.25, -0.2) is 0 Å². The number of rotatable bonds is 14.